The van der Waals surface area contributed by atoms with Crippen LogP contribution in [0.1, 0.15) is 64.0 Å². The SMILES string of the molecule is CCCCCCS(=O)(=O)Cc1ccc(C(C)(C)NCCCn2ccnc2)cc1.Cl.Cl. The maximum Gasteiger partial charge on any atom is 0.154 e. The number of aryl methyl sites for hydroxylation is 1. The molecule has 0 atom stereocenters. The summed E-state index contributed by atoms with van der Waals surface area (Å²) in [7, 11) is -3.03. The third kappa shape index (κ3) is 10.3. The smallest absolute Gasteiger partial charge is 0.154 e. The molecule has 8 heteroatoms. The topological polar surface area (TPSA) is 64.0 Å². The van der Waals surface area contributed by atoms with Crippen LogP contribution in [-0.2, 0) is 27.7 Å². The van der Waals surface area contributed by atoms with E-state index >= 15 is 0 Å². The second-order valence-corrected chi connectivity index (χ2v) is 10.2. The zero-order valence-electron chi connectivity index (χ0n) is 18.3. The van der Waals surface area contributed by atoms with E-state index in [1.807, 2.05) is 36.8 Å². The van der Waals surface area contributed by atoms with Gasteiger partial charge in [-0.3, -0.25) is 0 Å². The summed E-state index contributed by atoms with van der Waals surface area (Å²) in [5.74, 6) is 0.427. The number of hydrogen-bond donors (Lipinski definition) is 1. The van der Waals surface area contributed by atoms with Crippen LogP contribution < -0.4 is 5.32 Å². The zero-order chi connectivity index (χ0) is 20.5. The first-order valence-corrected chi connectivity index (χ1v) is 12.1. The molecule has 0 aliphatic rings. The fourth-order valence-corrected chi connectivity index (χ4v) is 4.76. The van der Waals surface area contributed by atoms with E-state index in [-0.39, 0.29) is 36.1 Å². The average molecular weight is 479 g/mol. The van der Waals surface area contributed by atoms with Crippen LogP contribution in [0.2, 0.25) is 0 Å². The van der Waals surface area contributed by atoms with E-state index < -0.39 is 9.84 Å². The standard InChI is InChI=1S/C22H35N3O2S.2ClH/c1-4-5-6-7-17-28(26,27)18-20-9-11-21(12-10-20)22(2,3)24-13-8-15-25-16-14-23-19-25;;/h9-12,14,16,19,24H,4-8,13,15,17-18H2,1-3H3;2*1H. The number of nitrogens with one attached hydrogen (secondary N) is 1. The molecule has 0 bridgehead atoms. The van der Waals surface area contributed by atoms with Gasteiger partial charge in [-0.15, -0.1) is 24.8 Å². The van der Waals surface area contributed by atoms with Crippen molar-refractivity contribution in [1.82, 2.24) is 14.9 Å². The summed E-state index contributed by atoms with van der Waals surface area (Å²) in [4.78, 5) is 4.06. The number of benzene rings is 1. The highest BCUT2D eigenvalue weighted by molar-refractivity contribution is 7.90. The molecule has 0 aliphatic heterocycles. The first kappa shape index (κ1) is 28.9. The van der Waals surface area contributed by atoms with Crippen molar-refractivity contribution in [1.29, 1.82) is 0 Å². The minimum Gasteiger partial charge on any atom is -0.337 e. The van der Waals surface area contributed by atoms with Crippen LogP contribution in [-0.4, -0.2) is 30.3 Å². The summed E-state index contributed by atoms with van der Waals surface area (Å²) in [6, 6.07) is 8.00. The predicted molar refractivity (Wildman–Crippen MR) is 130 cm³/mol. The van der Waals surface area contributed by atoms with E-state index in [4.69, 9.17) is 0 Å². The Labute approximate surface area is 194 Å². The molecule has 0 spiro atoms. The Kier molecular flexibility index (Phi) is 13.6. The monoisotopic (exact) mass is 477 g/mol. The number of unbranched alkanes of at least 4 members (excludes halogenated alkanes) is 3. The van der Waals surface area contributed by atoms with E-state index in [0.717, 1.165) is 50.8 Å². The van der Waals surface area contributed by atoms with Gasteiger partial charge in [0, 0.05) is 24.5 Å². The van der Waals surface area contributed by atoms with Crippen molar-refractivity contribution in [2.45, 2.75) is 70.7 Å². The van der Waals surface area contributed by atoms with Crippen molar-refractivity contribution < 1.29 is 8.42 Å². The van der Waals surface area contributed by atoms with Crippen LogP contribution in [0.4, 0.5) is 0 Å². The fraction of sp³-hybridized carbons (Fsp3) is 0.591. The van der Waals surface area contributed by atoms with Gasteiger partial charge in [0.05, 0.1) is 17.8 Å². The molecule has 0 saturated carbocycles. The predicted octanol–water partition coefficient (Wildman–Crippen LogP) is 5.14. The van der Waals surface area contributed by atoms with Crippen LogP contribution in [0.15, 0.2) is 43.0 Å². The largest absolute Gasteiger partial charge is 0.337 e. The van der Waals surface area contributed by atoms with Crippen LogP contribution in [0.5, 0.6) is 0 Å². The van der Waals surface area contributed by atoms with Crippen molar-refractivity contribution >= 4 is 34.7 Å². The molecule has 1 heterocycles. The minimum absolute atomic E-state index is 0. The number of imidazole rings is 1. The second kappa shape index (κ2) is 14.1. The Morgan fingerprint density at radius 1 is 1.03 bits per heavy atom. The number of hydrogen-bond acceptors (Lipinski definition) is 4. The van der Waals surface area contributed by atoms with Crippen molar-refractivity contribution in [3.8, 4) is 0 Å². The van der Waals surface area contributed by atoms with E-state index in [9.17, 15) is 8.42 Å². The summed E-state index contributed by atoms with van der Waals surface area (Å²) in [6.07, 6.45) is 10.6. The van der Waals surface area contributed by atoms with E-state index in [2.05, 4.69) is 35.6 Å². The second-order valence-electron chi connectivity index (χ2n) is 8.06. The summed E-state index contributed by atoms with van der Waals surface area (Å²) in [6.45, 7) is 8.29. The first-order valence-electron chi connectivity index (χ1n) is 10.3. The van der Waals surface area contributed by atoms with Gasteiger partial charge in [0.2, 0.25) is 0 Å². The van der Waals surface area contributed by atoms with Crippen LogP contribution in [0.25, 0.3) is 0 Å². The van der Waals surface area contributed by atoms with E-state index in [1.165, 1.54) is 5.56 Å². The quantitative estimate of drug-likeness (QED) is 0.405. The van der Waals surface area contributed by atoms with Crippen LogP contribution >= 0.6 is 24.8 Å². The molecule has 0 unspecified atom stereocenters. The van der Waals surface area contributed by atoms with E-state index in [0.29, 0.717) is 5.75 Å². The summed E-state index contributed by atoms with van der Waals surface area (Å²) in [5, 5.41) is 3.59. The number of sulfone groups is 1. The Morgan fingerprint density at radius 3 is 2.33 bits per heavy atom. The number of rotatable bonds is 13. The van der Waals surface area contributed by atoms with Gasteiger partial charge in [-0.2, -0.15) is 0 Å². The summed E-state index contributed by atoms with van der Waals surface area (Å²) >= 11 is 0. The van der Waals surface area contributed by atoms with Gasteiger partial charge < -0.3 is 9.88 Å². The van der Waals surface area contributed by atoms with Crippen molar-refractivity contribution in [2.75, 3.05) is 12.3 Å². The summed E-state index contributed by atoms with van der Waals surface area (Å²) < 4.78 is 26.7. The maximum atomic E-state index is 12.3. The number of aromatic nitrogens is 2. The van der Waals surface area contributed by atoms with Gasteiger partial charge >= 0.3 is 0 Å². The molecule has 1 aromatic heterocycles. The lowest BCUT2D eigenvalue weighted by Gasteiger charge is -2.27. The Morgan fingerprint density at radius 2 is 1.73 bits per heavy atom. The van der Waals surface area contributed by atoms with Crippen molar-refractivity contribution in [3.05, 3.63) is 54.1 Å². The molecule has 30 heavy (non-hydrogen) atoms. The molecular formula is C22H37Cl2N3O2S. The molecule has 2 rings (SSSR count). The first-order chi connectivity index (χ1) is 13.3. The lowest BCUT2D eigenvalue weighted by atomic mass is 9.93. The highest BCUT2D eigenvalue weighted by Gasteiger charge is 2.20. The third-order valence-corrected chi connectivity index (χ3v) is 6.77. The van der Waals surface area contributed by atoms with Gasteiger partial charge in [-0.05, 0) is 44.4 Å². The molecule has 2 aromatic rings. The fourth-order valence-electron chi connectivity index (χ4n) is 3.28. The van der Waals surface area contributed by atoms with Crippen molar-refractivity contribution in [3.63, 3.8) is 0 Å². The molecule has 0 aliphatic carbocycles. The number of nitrogens with zero attached hydrogens (tertiary/aromatic N) is 2. The molecule has 0 saturated heterocycles. The minimum atomic E-state index is -3.03. The molecule has 1 N–H and O–H groups in total. The van der Waals surface area contributed by atoms with E-state index in [1.54, 1.807) is 6.20 Å². The molecule has 0 amide bonds. The molecule has 0 fully saturated rings. The average Bonchev–Trinajstić information content (AvgIpc) is 3.16. The van der Waals surface area contributed by atoms with Gasteiger partial charge in [-0.25, -0.2) is 13.4 Å². The zero-order valence-corrected chi connectivity index (χ0v) is 20.8. The Bertz CT molecular complexity index is 792. The Hall–Kier alpha value is -1.08. The van der Waals surface area contributed by atoms with Crippen LogP contribution in [0.3, 0.4) is 0 Å². The third-order valence-electron chi connectivity index (χ3n) is 5.09. The van der Waals surface area contributed by atoms with Gasteiger partial charge in [0.1, 0.15) is 0 Å². The lowest BCUT2D eigenvalue weighted by molar-refractivity contribution is 0.393. The van der Waals surface area contributed by atoms with Gasteiger partial charge in [-0.1, -0.05) is 50.5 Å². The Balaban J connectivity index is 0.00000420. The number of halogens is 2. The normalized spacial score (nSPS) is 11.6. The molecule has 5 nitrogen and oxygen atoms in total. The highest BCUT2D eigenvalue weighted by atomic mass is 35.5. The van der Waals surface area contributed by atoms with Crippen molar-refractivity contribution in [2.24, 2.45) is 0 Å². The maximum absolute atomic E-state index is 12.3. The lowest BCUT2D eigenvalue weighted by Crippen LogP contribution is -2.37. The highest BCUT2D eigenvalue weighted by Crippen LogP contribution is 2.21. The molecule has 1 aromatic carbocycles. The summed E-state index contributed by atoms with van der Waals surface area (Å²) in [5.41, 5.74) is 1.88. The van der Waals surface area contributed by atoms with Gasteiger partial charge in [0.25, 0.3) is 0 Å². The molecule has 0 radical (unpaired) electrons. The molecular weight excluding hydrogens is 441 g/mol. The van der Waals surface area contributed by atoms with Crippen LogP contribution in [0, 0.1) is 0 Å². The molecule has 172 valence electrons. The van der Waals surface area contributed by atoms with Gasteiger partial charge in [0.15, 0.2) is 9.84 Å².